The molecule has 1 unspecified atom stereocenters. The molecule has 1 atom stereocenters. The zero-order valence-corrected chi connectivity index (χ0v) is 11.1. The molecule has 0 saturated carbocycles. The SMILES string of the molecule is Cc1noc(C)c1C(C)CC(=O)N(C)CC(=O)O. The average Bonchev–Trinajstić information content (AvgIpc) is 2.57. The van der Waals surface area contributed by atoms with E-state index in [1.807, 2.05) is 13.8 Å². The molecule has 0 aliphatic rings. The zero-order valence-electron chi connectivity index (χ0n) is 11.1. The molecule has 6 heteroatoms. The molecular formula is C12H18N2O4. The first-order valence-electron chi connectivity index (χ1n) is 5.71. The Balaban J connectivity index is 2.68. The lowest BCUT2D eigenvalue weighted by molar-refractivity contribution is -0.143. The number of likely N-dealkylation sites (N-methyl/N-ethyl adjacent to an activating group) is 1. The van der Waals surface area contributed by atoms with E-state index in [-0.39, 0.29) is 24.8 Å². The van der Waals surface area contributed by atoms with Crippen LogP contribution in [0.1, 0.15) is 36.3 Å². The molecule has 100 valence electrons. The molecule has 1 aromatic heterocycles. The van der Waals surface area contributed by atoms with Crippen molar-refractivity contribution in [2.45, 2.75) is 33.1 Å². The van der Waals surface area contributed by atoms with Crippen molar-refractivity contribution in [3.05, 3.63) is 17.0 Å². The fraction of sp³-hybridized carbons (Fsp3) is 0.583. The number of carbonyl (C=O) groups excluding carboxylic acids is 1. The summed E-state index contributed by atoms with van der Waals surface area (Å²) in [5.41, 5.74) is 1.70. The largest absolute Gasteiger partial charge is 0.480 e. The second-order valence-electron chi connectivity index (χ2n) is 4.49. The quantitative estimate of drug-likeness (QED) is 0.856. The van der Waals surface area contributed by atoms with Gasteiger partial charge in [0.25, 0.3) is 0 Å². The summed E-state index contributed by atoms with van der Waals surface area (Å²) in [6.45, 7) is 5.25. The molecule has 1 aromatic rings. The van der Waals surface area contributed by atoms with Crippen molar-refractivity contribution in [3.8, 4) is 0 Å². The first-order chi connectivity index (χ1) is 8.32. The molecule has 0 spiro atoms. The number of aryl methyl sites for hydroxylation is 2. The van der Waals surface area contributed by atoms with Crippen LogP contribution in [-0.2, 0) is 9.59 Å². The summed E-state index contributed by atoms with van der Waals surface area (Å²) in [4.78, 5) is 23.5. The minimum Gasteiger partial charge on any atom is -0.480 e. The van der Waals surface area contributed by atoms with Crippen LogP contribution in [0.3, 0.4) is 0 Å². The Labute approximate surface area is 106 Å². The lowest BCUT2D eigenvalue weighted by Gasteiger charge is -2.17. The third-order valence-electron chi connectivity index (χ3n) is 2.86. The third-order valence-corrected chi connectivity index (χ3v) is 2.86. The molecule has 1 amide bonds. The first kappa shape index (κ1) is 14.2. The molecular weight excluding hydrogens is 236 g/mol. The van der Waals surface area contributed by atoms with Gasteiger partial charge in [-0.1, -0.05) is 12.1 Å². The molecule has 0 radical (unpaired) electrons. The molecule has 0 aliphatic heterocycles. The molecule has 0 saturated heterocycles. The highest BCUT2D eigenvalue weighted by molar-refractivity contribution is 5.81. The van der Waals surface area contributed by atoms with Crippen molar-refractivity contribution < 1.29 is 19.2 Å². The smallest absolute Gasteiger partial charge is 0.323 e. The van der Waals surface area contributed by atoms with Crippen molar-refractivity contribution in [3.63, 3.8) is 0 Å². The summed E-state index contributed by atoms with van der Waals surface area (Å²) in [5, 5.41) is 12.5. The summed E-state index contributed by atoms with van der Waals surface area (Å²) >= 11 is 0. The fourth-order valence-electron chi connectivity index (χ4n) is 2.00. The Morgan fingerprint density at radius 2 is 2.06 bits per heavy atom. The summed E-state index contributed by atoms with van der Waals surface area (Å²) < 4.78 is 5.05. The number of hydrogen-bond donors (Lipinski definition) is 1. The van der Waals surface area contributed by atoms with E-state index >= 15 is 0 Å². The molecule has 0 aromatic carbocycles. The topological polar surface area (TPSA) is 83.6 Å². The Hall–Kier alpha value is -1.85. The standard InChI is InChI=1S/C12H18N2O4/c1-7(12-8(2)13-18-9(12)3)5-10(15)14(4)6-11(16)17/h7H,5-6H2,1-4H3,(H,16,17). The molecule has 18 heavy (non-hydrogen) atoms. The van der Waals surface area contributed by atoms with E-state index in [0.717, 1.165) is 11.3 Å². The molecule has 1 N–H and O–H groups in total. The Bertz CT molecular complexity index is 433. The van der Waals surface area contributed by atoms with Crippen LogP contribution in [-0.4, -0.2) is 40.6 Å². The van der Waals surface area contributed by atoms with Crippen LogP contribution in [0, 0.1) is 13.8 Å². The number of amides is 1. The fourth-order valence-corrected chi connectivity index (χ4v) is 2.00. The van der Waals surface area contributed by atoms with Crippen LogP contribution in [0.15, 0.2) is 4.52 Å². The van der Waals surface area contributed by atoms with Crippen molar-refractivity contribution in [2.75, 3.05) is 13.6 Å². The monoisotopic (exact) mass is 254 g/mol. The van der Waals surface area contributed by atoms with E-state index in [2.05, 4.69) is 5.16 Å². The van der Waals surface area contributed by atoms with Crippen molar-refractivity contribution in [2.24, 2.45) is 0 Å². The Morgan fingerprint density at radius 1 is 1.44 bits per heavy atom. The van der Waals surface area contributed by atoms with E-state index in [9.17, 15) is 9.59 Å². The highest BCUT2D eigenvalue weighted by atomic mass is 16.5. The van der Waals surface area contributed by atoms with Gasteiger partial charge < -0.3 is 14.5 Å². The predicted molar refractivity (Wildman–Crippen MR) is 64.3 cm³/mol. The Kier molecular flexibility index (Phi) is 4.47. The maximum atomic E-state index is 11.8. The molecule has 0 aliphatic carbocycles. The second kappa shape index (κ2) is 5.66. The van der Waals surface area contributed by atoms with Gasteiger partial charge in [0, 0.05) is 19.0 Å². The molecule has 6 nitrogen and oxygen atoms in total. The van der Waals surface area contributed by atoms with Crippen molar-refractivity contribution >= 4 is 11.9 Å². The minimum atomic E-state index is -1.02. The first-order valence-corrected chi connectivity index (χ1v) is 5.71. The highest BCUT2D eigenvalue weighted by Gasteiger charge is 2.21. The van der Waals surface area contributed by atoms with Gasteiger partial charge in [-0.3, -0.25) is 9.59 Å². The Morgan fingerprint density at radius 3 is 2.50 bits per heavy atom. The number of hydrogen-bond acceptors (Lipinski definition) is 4. The number of aliphatic carboxylic acids is 1. The molecule has 0 fully saturated rings. The van der Waals surface area contributed by atoms with Gasteiger partial charge in [0.05, 0.1) is 5.69 Å². The van der Waals surface area contributed by atoms with Gasteiger partial charge in [-0.25, -0.2) is 0 Å². The summed E-state index contributed by atoms with van der Waals surface area (Å²) in [5.74, 6) is -0.561. The molecule has 1 rings (SSSR count). The van der Waals surface area contributed by atoms with Gasteiger partial charge in [-0.2, -0.15) is 0 Å². The number of carboxylic acid groups (broad SMARTS) is 1. The van der Waals surface area contributed by atoms with E-state index in [1.165, 1.54) is 11.9 Å². The van der Waals surface area contributed by atoms with Gasteiger partial charge in [-0.05, 0) is 19.8 Å². The van der Waals surface area contributed by atoms with Crippen LogP contribution in [0.5, 0.6) is 0 Å². The second-order valence-corrected chi connectivity index (χ2v) is 4.49. The normalized spacial score (nSPS) is 12.2. The third kappa shape index (κ3) is 3.32. The summed E-state index contributed by atoms with van der Waals surface area (Å²) in [7, 11) is 1.48. The number of aromatic nitrogens is 1. The van der Waals surface area contributed by atoms with Crippen molar-refractivity contribution in [1.29, 1.82) is 0 Å². The van der Waals surface area contributed by atoms with Crippen LogP contribution < -0.4 is 0 Å². The maximum absolute atomic E-state index is 11.8. The van der Waals surface area contributed by atoms with Gasteiger partial charge in [0.2, 0.25) is 5.91 Å². The lowest BCUT2D eigenvalue weighted by atomic mass is 9.96. The maximum Gasteiger partial charge on any atom is 0.323 e. The average molecular weight is 254 g/mol. The highest BCUT2D eigenvalue weighted by Crippen LogP contribution is 2.26. The van der Waals surface area contributed by atoms with Crippen LogP contribution >= 0.6 is 0 Å². The van der Waals surface area contributed by atoms with Crippen LogP contribution in [0.2, 0.25) is 0 Å². The zero-order chi connectivity index (χ0) is 13.9. The van der Waals surface area contributed by atoms with Crippen LogP contribution in [0.4, 0.5) is 0 Å². The number of carbonyl (C=O) groups is 2. The summed E-state index contributed by atoms with van der Waals surface area (Å²) in [6.07, 6.45) is 0.243. The minimum absolute atomic E-state index is 0.0417. The predicted octanol–water partition coefficient (Wildman–Crippen LogP) is 1.33. The number of nitrogens with zero attached hydrogens (tertiary/aromatic N) is 2. The van der Waals surface area contributed by atoms with Crippen LogP contribution in [0.25, 0.3) is 0 Å². The van der Waals surface area contributed by atoms with E-state index in [0.29, 0.717) is 5.76 Å². The lowest BCUT2D eigenvalue weighted by Crippen LogP contribution is -2.32. The number of rotatable bonds is 5. The summed E-state index contributed by atoms with van der Waals surface area (Å²) in [6, 6.07) is 0. The van der Waals surface area contributed by atoms with E-state index in [4.69, 9.17) is 9.63 Å². The molecule has 1 heterocycles. The number of carboxylic acids is 1. The molecule has 0 bridgehead atoms. The van der Waals surface area contributed by atoms with Crippen molar-refractivity contribution in [1.82, 2.24) is 10.1 Å². The van der Waals surface area contributed by atoms with Gasteiger partial charge in [0.1, 0.15) is 12.3 Å². The van der Waals surface area contributed by atoms with Gasteiger partial charge in [-0.15, -0.1) is 0 Å². The van der Waals surface area contributed by atoms with Gasteiger partial charge in [0.15, 0.2) is 0 Å². The van der Waals surface area contributed by atoms with Gasteiger partial charge >= 0.3 is 5.97 Å². The van der Waals surface area contributed by atoms with E-state index < -0.39 is 5.97 Å². The van der Waals surface area contributed by atoms with E-state index in [1.54, 1.807) is 6.92 Å².